The van der Waals surface area contributed by atoms with Crippen molar-refractivity contribution in [3.05, 3.63) is 55.5 Å². The predicted octanol–water partition coefficient (Wildman–Crippen LogP) is 3.80. The Kier molecular flexibility index (Phi) is 3.94. The van der Waals surface area contributed by atoms with Gasteiger partial charge >= 0.3 is 0 Å². The highest BCUT2D eigenvalue weighted by molar-refractivity contribution is 14.1. The van der Waals surface area contributed by atoms with E-state index in [0.717, 1.165) is 9.13 Å². The van der Waals surface area contributed by atoms with Crippen LogP contribution in [0.15, 0.2) is 35.7 Å². The summed E-state index contributed by atoms with van der Waals surface area (Å²) < 4.78 is 14.0. The molecule has 1 N–H and O–H groups in total. The van der Waals surface area contributed by atoms with Gasteiger partial charge in [-0.2, -0.15) is 0 Å². The molecule has 1 unspecified atom stereocenters. The van der Waals surface area contributed by atoms with E-state index in [4.69, 9.17) is 0 Å². The minimum atomic E-state index is -0.186. The first kappa shape index (κ1) is 12.0. The van der Waals surface area contributed by atoms with Gasteiger partial charge in [0.05, 0.1) is 6.04 Å². The lowest BCUT2D eigenvalue weighted by molar-refractivity contribution is 0.622. The maximum atomic E-state index is 13.0. The monoisotopic (exact) mass is 347 g/mol. The highest BCUT2D eigenvalue weighted by atomic mass is 127. The van der Waals surface area contributed by atoms with Crippen LogP contribution in [0, 0.1) is 9.39 Å². The van der Waals surface area contributed by atoms with E-state index in [1.165, 1.54) is 10.9 Å². The first-order valence-electron chi connectivity index (χ1n) is 4.88. The van der Waals surface area contributed by atoms with Gasteiger partial charge in [-0.15, -0.1) is 11.3 Å². The van der Waals surface area contributed by atoms with Crippen molar-refractivity contribution in [2.45, 2.75) is 6.04 Å². The van der Waals surface area contributed by atoms with Crippen molar-refractivity contribution in [3.8, 4) is 0 Å². The summed E-state index contributed by atoms with van der Waals surface area (Å²) in [5.41, 5.74) is 1.12. The number of rotatable bonds is 3. The lowest BCUT2D eigenvalue weighted by atomic mass is 10.1. The van der Waals surface area contributed by atoms with Crippen LogP contribution < -0.4 is 5.32 Å². The Bertz CT molecular complexity index is 470. The molecule has 16 heavy (non-hydrogen) atoms. The van der Waals surface area contributed by atoms with Gasteiger partial charge in [0, 0.05) is 8.45 Å². The maximum Gasteiger partial charge on any atom is 0.124 e. The number of thiophene rings is 1. The van der Waals surface area contributed by atoms with Gasteiger partial charge in [-0.05, 0) is 58.8 Å². The zero-order valence-corrected chi connectivity index (χ0v) is 11.7. The van der Waals surface area contributed by atoms with Gasteiger partial charge in [-0.1, -0.05) is 12.1 Å². The average molecular weight is 347 g/mol. The third-order valence-electron chi connectivity index (χ3n) is 2.39. The van der Waals surface area contributed by atoms with Gasteiger partial charge in [-0.3, -0.25) is 0 Å². The summed E-state index contributed by atoms with van der Waals surface area (Å²) in [4.78, 5) is 1.24. The molecule has 1 atom stereocenters. The van der Waals surface area contributed by atoms with Crippen molar-refractivity contribution < 1.29 is 4.39 Å². The Balaban J connectivity index is 2.41. The summed E-state index contributed by atoms with van der Waals surface area (Å²) in [6.45, 7) is 0. The summed E-state index contributed by atoms with van der Waals surface area (Å²) in [5.74, 6) is -0.186. The Labute approximate surface area is 112 Å². The smallest absolute Gasteiger partial charge is 0.124 e. The Morgan fingerprint density at radius 1 is 1.38 bits per heavy atom. The molecular formula is C12H11FINS. The first-order chi connectivity index (χ1) is 7.72. The van der Waals surface area contributed by atoms with Crippen molar-refractivity contribution >= 4 is 33.9 Å². The van der Waals surface area contributed by atoms with Crippen LogP contribution >= 0.6 is 33.9 Å². The molecule has 0 amide bonds. The lowest BCUT2D eigenvalue weighted by Gasteiger charge is -2.16. The Hall–Kier alpha value is -0.460. The molecule has 1 aromatic carbocycles. The van der Waals surface area contributed by atoms with Gasteiger partial charge in [0.15, 0.2) is 0 Å². The fourth-order valence-corrected chi connectivity index (χ4v) is 3.28. The van der Waals surface area contributed by atoms with Crippen molar-refractivity contribution in [1.29, 1.82) is 0 Å². The molecule has 1 heterocycles. The van der Waals surface area contributed by atoms with Crippen LogP contribution in [0.3, 0.4) is 0 Å². The molecule has 1 aromatic heterocycles. The molecule has 0 aliphatic heterocycles. The second-order valence-electron chi connectivity index (χ2n) is 3.40. The van der Waals surface area contributed by atoms with Crippen LogP contribution in [0.1, 0.15) is 16.5 Å². The SMILES string of the molecule is CNC(c1cccs1)c1ccc(F)cc1I. The normalized spacial score (nSPS) is 12.7. The standard InChI is InChI=1S/C12H11FINS/c1-15-12(11-3-2-6-16-11)9-5-4-8(13)7-10(9)14/h2-7,12,15H,1H3. The first-order valence-corrected chi connectivity index (χ1v) is 6.84. The number of hydrogen-bond donors (Lipinski definition) is 1. The van der Waals surface area contributed by atoms with E-state index in [1.807, 2.05) is 19.2 Å². The van der Waals surface area contributed by atoms with Crippen molar-refractivity contribution in [2.24, 2.45) is 0 Å². The number of hydrogen-bond acceptors (Lipinski definition) is 2. The number of halogens is 2. The Morgan fingerprint density at radius 3 is 2.75 bits per heavy atom. The summed E-state index contributed by atoms with van der Waals surface area (Å²) in [7, 11) is 1.92. The number of nitrogens with one attached hydrogen (secondary N) is 1. The molecule has 0 spiro atoms. The largest absolute Gasteiger partial charge is 0.309 e. The van der Waals surface area contributed by atoms with Crippen molar-refractivity contribution in [2.75, 3.05) is 7.05 Å². The molecule has 0 aliphatic carbocycles. The summed E-state index contributed by atoms with van der Waals surface area (Å²) in [5, 5.41) is 5.32. The molecule has 4 heteroatoms. The van der Waals surface area contributed by atoms with Crippen LogP contribution in [0.4, 0.5) is 4.39 Å². The van der Waals surface area contributed by atoms with E-state index in [-0.39, 0.29) is 11.9 Å². The van der Waals surface area contributed by atoms with Gasteiger partial charge < -0.3 is 5.32 Å². The third-order valence-corrected chi connectivity index (χ3v) is 4.26. The van der Waals surface area contributed by atoms with E-state index in [2.05, 4.69) is 39.4 Å². The molecular weight excluding hydrogens is 336 g/mol. The zero-order chi connectivity index (χ0) is 11.5. The van der Waals surface area contributed by atoms with Crippen LogP contribution in [-0.2, 0) is 0 Å². The molecule has 1 nitrogen and oxygen atoms in total. The highest BCUT2D eigenvalue weighted by Crippen LogP contribution is 2.29. The quantitative estimate of drug-likeness (QED) is 0.833. The maximum absolute atomic E-state index is 13.0. The third kappa shape index (κ3) is 2.44. The molecule has 2 rings (SSSR count). The molecule has 0 saturated heterocycles. The molecule has 0 saturated carbocycles. The highest BCUT2D eigenvalue weighted by Gasteiger charge is 2.15. The predicted molar refractivity (Wildman–Crippen MR) is 74.3 cm³/mol. The van der Waals surface area contributed by atoms with Gasteiger partial charge in [-0.25, -0.2) is 4.39 Å². The van der Waals surface area contributed by atoms with E-state index in [9.17, 15) is 4.39 Å². The average Bonchev–Trinajstić information content (AvgIpc) is 2.75. The molecule has 2 aromatic rings. The van der Waals surface area contributed by atoms with Crippen LogP contribution in [0.2, 0.25) is 0 Å². The van der Waals surface area contributed by atoms with Crippen molar-refractivity contribution in [1.82, 2.24) is 5.32 Å². The van der Waals surface area contributed by atoms with Gasteiger partial charge in [0.25, 0.3) is 0 Å². The molecule has 0 fully saturated rings. The topological polar surface area (TPSA) is 12.0 Å². The summed E-state index contributed by atoms with van der Waals surface area (Å²) >= 11 is 3.88. The second kappa shape index (κ2) is 5.25. The Morgan fingerprint density at radius 2 is 2.19 bits per heavy atom. The molecule has 84 valence electrons. The lowest BCUT2D eigenvalue weighted by Crippen LogP contribution is -2.17. The fraction of sp³-hybridized carbons (Fsp3) is 0.167. The van der Waals surface area contributed by atoms with E-state index >= 15 is 0 Å². The zero-order valence-electron chi connectivity index (χ0n) is 8.71. The van der Waals surface area contributed by atoms with E-state index in [1.54, 1.807) is 17.4 Å². The summed E-state index contributed by atoms with van der Waals surface area (Å²) in [6, 6.07) is 9.18. The fourth-order valence-electron chi connectivity index (χ4n) is 1.64. The van der Waals surface area contributed by atoms with E-state index in [0.29, 0.717) is 0 Å². The molecule has 0 radical (unpaired) electrons. The van der Waals surface area contributed by atoms with E-state index < -0.39 is 0 Å². The van der Waals surface area contributed by atoms with Crippen molar-refractivity contribution in [3.63, 3.8) is 0 Å². The van der Waals surface area contributed by atoms with Crippen LogP contribution in [0.5, 0.6) is 0 Å². The number of benzene rings is 1. The molecule has 0 aliphatic rings. The summed E-state index contributed by atoms with van der Waals surface area (Å²) in [6.07, 6.45) is 0. The van der Waals surface area contributed by atoms with Gasteiger partial charge in [0.1, 0.15) is 5.82 Å². The van der Waals surface area contributed by atoms with Gasteiger partial charge in [0.2, 0.25) is 0 Å². The van der Waals surface area contributed by atoms with Crippen LogP contribution in [0.25, 0.3) is 0 Å². The minimum absolute atomic E-state index is 0.146. The van der Waals surface area contributed by atoms with Crippen LogP contribution in [-0.4, -0.2) is 7.05 Å². The molecule has 0 bridgehead atoms. The second-order valence-corrected chi connectivity index (χ2v) is 5.54. The minimum Gasteiger partial charge on any atom is -0.309 e.